The summed E-state index contributed by atoms with van der Waals surface area (Å²) in [6.07, 6.45) is 0. The molecule has 7 heteroatoms. The van der Waals surface area contributed by atoms with Crippen LogP contribution in [-0.4, -0.2) is 46.8 Å². The fourth-order valence-electron chi connectivity index (χ4n) is 3.07. The molecule has 1 aliphatic heterocycles. The van der Waals surface area contributed by atoms with Crippen LogP contribution >= 0.6 is 0 Å². The average molecular weight is 331 g/mol. The summed E-state index contributed by atoms with van der Waals surface area (Å²) in [5.41, 5.74) is 1.74. The van der Waals surface area contributed by atoms with Gasteiger partial charge in [-0.15, -0.1) is 0 Å². The first kappa shape index (κ1) is 16.6. The number of aromatic nitrogens is 2. The summed E-state index contributed by atoms with van der Waals surface area (Å²) in [4.78, 5) is 14.5. The van der Waals surface area contributed by atoms with Crippen molar-refractivity contribution in [2.24, 2.45) is 7.05 Å². The van der Waals surface area contributed by atoms with E-state index in [1.165, 1.54) is 12.1 Å². The molecule has 0 spiro atoms. The van der Waals surface area contributed by atoms with E-state index in [1.807, 2.05) is 19.1 Å². The van der Waals surface area contributed by atoms with Gasteiger partial charge >= 0.3 is 0 Å². The van der Waals surface area contributed by atoms with Crippen molar-refractivity contribution in [1.29, 1.82) is 0 Å². The van der Waals surface area contributed by atoms with E-state index in [-0.39, 0.29) is 24.3 Å². The Morgan fingerprint density at radius 2 is 2.29 bits per heavy atom. The van der Waals surface area contributed by atoms with Crippen LogP contribution in [0.2, 0.25) is 0 Å². The van der Waals surface area contributed by atoms with Crippen molar-refractivity contribution in [2.45, 2.75) is 13.0 Å². The smallest absolute Gasteiger partial charge is 0.239 e. The van der Waals surface area contributed by atoms with Crippen molar-refractivity contribution in [3.05, 3.63) is 47.4 Å². The second-order valence-electron chi connectivity index (χ2n) is 6.09. The Labute approximate surface area is 140 Å². The standard InChI is InChI=1S/C17H22FN5O/c1-12-8-16(22(2)21-12)20-17(24)11-23-7-6-19-10-15(23)13-4-3-5-14(18)9-13/h3-5,8-9,15,19H,6-7,10-11H2,1-2H3,(H,20,24). The van der Waals surface area contributed by atoms with Crippen LogP contribution in [0.1, 0.15) is 17.3 Å². The van der Waals surface area contributed by atoms with E-state index in [1.54, 1.807) is 17.8 Å². The highest BCUT2D eigenvalue weighted by Crippen LogP contribution is 2.22. The van der Waals surface area contributed by atoms with Gasteiger partial charge in [-0.3, -0.25) is 14.4 Å². The lowest BCUT2D eigenvalue weighted by Crippen LogP contribution is -2.48. The molecular formula is C17H22FN5O. The molecular weight excluding hydrogens is 309 g/mol. The molecule has 1 saturated heterocycles. The highest BCUT2D eigenvalue weighted by Gasteiger charge is 2.26. The van der Waals surface area contributed by atoms with Gasteiger partial charge in [0.05, 0.1) is 12.2 Å². The maximum atomic E-state index is 13.5. The molecule has 1 amide bonds. The Kier molecular flexibility index (Phi) is 4.92. The zero-order valence-corrected chi connectivity index (χ0v) is 13.9. The molecule has 0 radical (unpaired) electrons. The zero-order chi connectivity index (χ0) is 17.1. The van der Waals surface area contributed by atoms with Crippen molar-refractivity contribution in [1.82, 2.24) is 20.0 Å². The number of nitrogens with zero attached hydrogens (tertiary/aromatic N) is 3. The first-order chi connectivity index (χ1) is 11.5. The van der Waals surface area contributed by atoms with E-state index in [0.29, 0.717) is 12.4 Å². The van der Waals surface area contributed by atoms with Gasteiger partial charge in [-0.05, 0) is 24.6 Å². The SMILES string of the molecule is Cc1cc(NC(=O)CN2CCNCC2c2cccc(F)c2)n(C)n1. The predicted molar refractivity (Wildman–Crippen MR) is 90.2 cm³/mol. The number of hydrogen-bond donors (Lipinski definition) is 2. The third kappa shape index (κ3) is 3.80. The minimum atomic E-state index is -0.257. The quantitative estimate of drug-likeness (QED) is 0.890. The van der Waals surface area contributed by atoms with Crippen LogP contribution in [0.5, 0.6) is 0 Å². The van der Waals surface area contributed by atoms with Gasteiger partial charge in [-0.1, -0.05) is 12.1 Å². The Bertz CT molecular complexity index is 730. The Hall–Kier alpha value is -2.25. The van der Waals surface area contributed by atoms with Gasteiger partial charge < -0.3 is 10.6 Å². The molecule has 2 N–H and O–H groups in total. The minimum Gasteiger partial charge on any atom is -0.314 e. The molecule has 0 bridgehead atoms. The highest BCUT2D eigenvalue weighted by molar-refractivity contribution is 5.91. The van der Waals surface area contributed by atoms with Gasteiger partial charge in [0.15, 0.2) is 0 Å². The van der Waals surface area contributed by atoms with Crippen LogP contribution in [-0.2, 0) is 11.8 Å². The maximum absolute atomic E-state index is 13.5. The molecule has 2 heterocycles. The largest absolute Gasteiger partial charge is 0.314 e. The number of benzene rings is 1. The predicted octanol–water partition coefficient (Wildman–Crippen LogP) is 1.45. The maximum Gasteiger partial charge on any atom is 0.239 e. The fourth-order valence-corrected chi connectivity index (χ4v) is 3.07. The molecule has 3 rings (SSSR count). The third-order valence-electron chi connectivity index (χ3n) is 4.20. The van der Waals surface area contributed by atoms with Crippen molar-refractivity contribution < 1.29 is 9.18 Å². The number of amides is 1. The van der Waals surface area contributed by atoms with Crippen LogP contribution in [0, 0.1) is 12.7 Å². The molecule has 2 aromatic rings. The highest BCUT2D eigenvalue weighted by atomic mass is 19.1. The minimum absolute atomic E-state index is 0.0199. The van der Waals surface area contributed by atoms with E-state index in [9.17, 15) is 9.18 Å². The van der Waals surface area contributed by atoms with Gasteiger partial charge in [0.25, 0.3) is 0 Å². The van der Waals surface area contributed by atoms with Gasteiger partial charge in [-0.2, -0.15) is 5.10 Å². The van der Waals surface area contributed by atoms with Crippen molar-refractivity contribution in [3.8, 4) is 0 Å². The average Bonchev–Trinajstić information content (AvgIpc) is 2.85. The molecule has 24 heavy (non-hydrogen) atoms. The summed E-state index contributed by atoms with van der Waals surface area (Å²) in [5.74, 6) is 0.323. The Balaban J connectivity index is 1.69. The topological polar surface area (TPSA) is 62.2 Å². The second kappa shape index (κ2) is 7.11. The number of carbonyl (C=O) groups excluding carboxylic acids is 1. The summed E-state index contributed by atoms with van der Waals surface area (Å²) < 4.78 is 15.2. The van der Waals surface area contributed by atoms with E-state index in [4.69, 9.17) is 0 Å². The molecule has 1 aromatic carbocycles. The molecule has 1 aromatic heterocycles. The summed E-state index contributed by atoms with van der Waals surface area (Å²) in [7, 11) is 1.79. The molecule has 1 aliphatic rings. The second-order valence-corrected chi connectivity index (χ2v) is 6.09. The zero-order valence-electron chi connectivity index (χ0n) is 13.9. The lowest BCUT2D eigenvalue weighted by molar-refractivity contribution is -0.118. The lowest BCUT2D eigenvalue weighted by Gasteiger charge is -2.36. The molecule has 128 valence electrons. The van der Waals surface area contributed by atoms with Gasteiger partial charge in [0.2, 0.25) is 5.91 Å². The molecule has 1 atom stereocenters. The van der Waals surface area contributed by atoms with Crippen molar-refractivity contribution >= 4 is 11.7 Å². The Morgan fingerprint density at radius 1 is 1.46 bits per heavy atom. The van der Waals surface area contributed by atoms with Crippen LogP contribution < -0.4 is 10.6 Å². The first-order valence-corrected chi connectivity index (χ1v) is 8.03. The number of hydrogen-bond acceptors (Lipinski definition) is 4. The van der Waals surface area contributed by atoms with Crippen LogP contribution in [0.4, 0.5) is 10.2 Å². The van der Waals surface area contributed by atoms with E-state index in [0.717, 1.165) is 24.3 Å². The number of anilines is 1. The van der Waals surface area contributed by atoms with Crippen molar-refractivity contribution in [3.63, 3.8) is 0 Å². The number of rotatable bonds is 4. The van der Waals surface area contributed by atoms with Crippen LogP contribution in [0.15, 0.2) is 30.3 Å². The number of carbonyl (C=O) groups is 1. The number of halogens is 1. The van der Waals surface area contributed by atoms with E-state index >= 15 is 0 Å². The number of nitrogens with one attached hydrogen (secondary N) is 2. The monoisotopic (exact) mass is 331 g/mol. The molecule has 1 fully saturated rings. The normalized spacial score (nSPS) is 18.5. The van der Waals surface area contributed by atoms with Crippen LogP contribution in [0.3, 0.4) is 0 Å². The number of piperazine rings is 1. The van der Waals surface area contributed by atoms with E-state index < -0.39 is 0 Å². The third-order valence-corrected chi connectivity index (χ3v) is 4.20. The molecule has 0 saturated carbocycles. The van der Waals surface area contributed by atoms with Gasteiger partial charge in [0, 0.05) is 38.8 Å². The van der Waals surface area contributed by atoms with Gasteiger partial charge in [0.1, 0.15) is 11.6 Å². The van der Waals surface area contributed by atoms with Crippen molar-refractivity contribution in [2.75, 3.05) is 31.5 Å². The summed E-state index contributed by atoms with van der Waals surface area (Å²) in [6.45, 7) is 4.38. The fraction of sp³-hybridized carbons (Fsp3) is 0.412. The molecule has 0 aliphatic carbocycles. The lowest BCUT2D eigenvalue weighted by atomic mass is 10.0. The molecule has 1 unspecified atom stereocenters. The number of aryl methyl sites for hydroxylation is 2. The summed E-state index contributed by atoms with van der Waals surface area (Å²) >= 11 is 0. The Morgan fingerprint density at radius 3 is 3.00 bits per heavy atom. The summed E-state index contributed by atoms with van der Waals surface area (Å²) in [5, 5.41) is 10.4. The van der Waals surface area contributed by atoms with Gasteiger partial charge in [-0.25, -0.2) is 4.39 Å². The summed E-state index contributed by atoms with van der Waals surface area (Å²) in [6, 6.07) is 8.38. The van der Waals surface area contributed by atoms with Crippen LogP contribution in [0.25, 0.3) is 0 Å². The first-order valence-electron chi connectivity index (χ1n) is 8.03. The molecule has 6 nitrogen and oxygen atoms in total. The van der Waals surface area contributed by atoms with E-state index in [2.05, 4.69) is 20.6 Å².